The average Bonchev–Trinajstić information content (AvgIpc) is 0.796. The summed E-state index contributed by atoms with van der Waals surface area (Å²) in [6.07, 6.45) is 0. The van der Waals surface area contributed by atoms with Crippen molar-refractivity contribution in [2.45, 2.75) is 48.5 Å². The van der Waals surface area contributed by atoms with Crippen molar-refractivity contribution in [2.75, 3.05) is 62.2 Å². The number of hydrogen-bond acceptors (Lipinski definition) is 25. The number of hydrogen-bond donors (Lipinski definition) is 10. The monoisotopic (exact) mass is 1840 g/mol. The maximum absolute atomic E-state index is 12.1. The predicted molar refractivity (Wildman–Crippen MR) is 524 cm³/mol. The molecule has 698 valence electrons. The fourth-order valence-corrected chi connectivity index (χ4v) is 12.1. The van der Waals surface area contributed by atoms with Crippen molar-refractivity contribution in [1.29, 1.82) is 0 Å². The van der Waals surface area contributed by atoms with Gasteiger partial charge in [-0.25, -0.2) is 33.6 Å². The molecule has 0 aromatic heterocycles. The summed E-state index contributed by atoms with van der Waals surface area (Å²) in [5.74, 6) is -2.22. The number of ether oxygens (including phenoxy) is 8. The van der Waals surface area contributed by atoms with E-state index in [1.807, 2.05) is 48.5 Å². The van der Waals surface area contributed by atoms with Crippen LogP contribution < -0.4 is 25.4 Å². The van der Waals surface area contributed by atoms with Gasteiger partial charge in [-0.05, 0) is 202 Å². The van der Waals surface area contributed by atoms with Crippen LogP contribution in [0.15, 0.2) is 340 Å². The van der Waals surface area contributed by atoms with Gasteiger partial charge in [-0.2, -0.15) is 0 Å². The second kappa shape index (κ2) is 50.4. The van der Waals surface area contributed by atoms with Gasteiger partial charge in [0.1, 0.15) is 91.4 Å². The van der Waals surface area contributed by atoms with Crippen molar-refractivity contribution < 1.29 is 122 Å². The summed E-state index contributed by atoms with van der Waals surface area (Å²) in [6, 6.07) is 72.1. The van der Waals surface area contributed by atoms with E-state index < -0.39 is 48.4 Å². The number of anilines is 3. The molecule has 10 N–H and O–H groups in total. The lowest BCUT2D eigenvalue weighted by molar-refractivity contribution is -0.150. The lowest BCUT2D eigenvalue weighted by atomic mass is 10.0. The van der Waals surface area contributed by atoms with Gasteiger partial charge in [-0.1, -0.05) is 180 Å². The van der Waals surface area contributed by atoms with Crippen LogP contribution in [0.4, 0.5) is 17.1 Å². The SMILES string of the molecule is C=C(C)C(=O)Nc1cccc2c(O)cccc12.C=C(C)C(=O)Nc1cccc2c(O)cccc12.C=C(C)C(=O)Nc1cccc2cc(O)ccc12.C=C(C)C(=O)OCC(=O)Oc1ccc2cc(O)ccc2c1.C=C(C)C(=O)OCCOC(=O)c1ccc2cc(O)ccc2c1.C=C(C)C(=O)OCCOC(=O)c1cccc2c(O)cccc12.C=C(C)C(=O)OCCOc1cccc2c(O)cccc12. The minimum absolute atomic E-state index is 0.0150. The third-order valence-electron chi connectivity index (χ3n) is 19.0. The summed E-state index contributed by atoms with van der Waals surface area (Å²) in [7, 11) is 0. The number of carbonyl (C=O) groups excluding carboxylic acids is 10. The summed E-state index contributed by atoms with van der Waals surface area (Å²) < 4.78 is 40.1. The molecule has 0 spiro atoms. The van der Waals surface area contributed by atoms with E-state index in [9.17, 15) is 83.7 Å². The van der Waals surface area contributed by atoms with E-state index >= 15 is 0 Å². The van der Waals surface area contributed by atoms with E-state index in [-0.39, 0.29) is 109 Å². The van der Waals surface area contributed by atoms with Gasteiger partial charge in [0.05, 0.1) is 11.1 Å². The van der Waals surface area contributed by atoms with Crippen LogP contribution in [-0.4, -0.2) is 142 Å². The van der Waals surface area contributed by atoms with Gasteiger partial charge in [0.15, 0.2) is 6.61 Å². The highest BCUT2D eigenvalue weighted by atomic mass is 16.6. The normalized spacial score (nSPS) is 10.2. The number of phenols is 7. The van der Waals surface area contributed by atoms with Crippen molar-refractivity contribution in [3.63, 3.8) is 0 Å². The van der Waals surface area contributed by atoms with Crippen LogP contribution in [0.1, 0.15) is 69.2 Å². The first-order valence-corrected chi connectivity index (χ1v) is 41.7. The number of carbonyl (C=O) groups is 10. The minimum atomic E-state index is -0.678. The molecule has 0 atom stereocenters. The smallest absolute Gasteiger partial charge is 0.349 e. The van der Waals surface area contributed by atoms with E-state index in [2.05, 4.69) is 62.0 Å². The third kappa shape index (κ3) is 30.9. The number of phenolic OH excluding ortho intramolecular Hbond substituents is 7. The molecule has 136 heavy (non-hydrogen) atoms. The molecule has 0 radical (unpaired) electrons. The lowest BCUT2D eigenvalue weighted by Gasteiger charge is -2.10. The molecule has 28 nitrogen and oxygen atoms in total. The van der Waals surface area contributed by atoms with Crippen LogP contribution in [0.5, 0.6) is 51.7 Å². The Balaban J connectivity index is 0.000000195. The number of fused-ring (bicyclic) bond motifs is 7. The minimum Gasteiger partial charge on any atom is -0.508 e. The quantitative estimate of drug-likeness (QED) is 0.00835. The largest absolute Gasteiger partial charge is 0.508 e. The topological polar surface area (TPSA) is 422 Å². The number of benzene rings is 14. The molecule has 0 saturated heterocycles. The molecule has 0 bridgehead atoms. The molecule has 14 aromatic carbocycles. The second-order valence-electron chi connectivity index (χ2n) is 30.2. The van der Waals surface area contributed by atoms with Gasteiger partial charge in [-0.3, -0.25) is 14.4 Å². The van der Waals surface area contributed by atoms with Crippen LogP contribution in [-0.2, 0) is 66.8 Å². The van der Waals surface area contributed by atoms with Crippen molar-refractivity contribution >= 4 is 152 Å². The summed E-state index contributed by atoms with van der Waals surface area (Å²) in [6.45, 7) is 35.5. The first-order chi connectivity index (χ1) is 64.8. The highest BCUT2D eigenvalue weighted by Crippen LogP contribution is 2.36. The maximum atomic E-state index is 12.1. The molecular weight excluding hydrogens is 1740 g/mol. The highest BCUT2D eigenvalue weighted by molar-refractivity contribution is 6.12. The molecule has 14 aromatic rings. The number of amides is 3. The van der Waals surface area contributed by atoms with Gasteiger partial charge in [0, 0.05) is 99.2 Å². The molecule has 0 aliphatic heterocycles. The molecule has 0 aliphatic carbocycles. The zero-order valence-corrected chi connectivity index (χ0v) is 75.6. The lowest BCUT2D eigenvalue weighted by Crippen LogP contribution is -2.18. The molecule has 0 unspecified atom stereocenters. The van der Waals surface area contributed by atoms with E-state index in [0.29, 0.717) is 83.4 Å². The maximum Gasteiger partial charge on any atom is 0.349 e. The molecule has 28 heteroatoms. The summed E-state index contributed by atoms with van der Waals surface area (Å²) in [4.78, 5) is 115. The van der Waals surface area contributed by atoms with Gasteiger partial charge in [0.2, 0.25) is 0 Å². The molecule has 3 amide bonds. The average molecular weight is 1840 g/mol. The van der Waals surface area contributed by atoms with Gasteiger partial charge >= 0.3 is 41.8 Å². The number of aromatic hydroxyl groups is 7. The molecule has 0 aliphatic rings. The summed E-state index contributed by atoms with van der Waals surface area (Å²) in [5.41, 5.74) is 5.32. The van der Waals surface area contributed by atoms with Crippen LogP contribution in [0.3, 0.4) is 0 Å². The number of rotatable bonds is 25. The first-order valence-electron chi connectivity index (χ1n) is 41.7. The van der Waals surface area contributed by atoms with Gasteiger partial charge < -0.3 is 89.6 Å². The van der Waals surface area contributed by atoms with Crippen molar-refractivity contribution in [3.05, 3.63) is 351 Å². The van der Waals surface area contributed by atoms with Crippen LogP contribution in [0, 0.1) is 0 Å². The first kappa shape index (κ1) is 104. The van der Waals surface area contributed by atoms with E-state index in [1.165, 1.54) is 13.8 Å². The van der Waals surface area contributed by atoms with Crippen molar-refractivity contribution in [1.82, 2.24) is 0 Å². The van der Waals surface area contributed by atoms with E-state index in [4.69, 9.17) is 37.9 Å². The molecule has 0 fully saturated rings. The summed E-state index contributed by atoms with van der Waals surface area (Å²) in [5, 5.41) is 86.3. The highest BCUT2D eigenvalue weighted by Gasteiger charge is 2.18. The van der Waals surface area contributed by atoms with E-state index in [0.717, 1.165) is 59.5 Å². The third-order valence-corrected chi connectivity index (χ3v) is 19.0. The Morgan fingerprint density at radius 2 is 0.603 bits per heavy atom. The fraction of sp³-hybridized carbons (Fsp3) is 0.130. The Hall–Kier alpha value is -17.8. The van der Waals surface area contributed by atoms with Gasteiger partial charge in [-0.15, -0.1) is 0 Å². The Kier molecular flexibility index (Phi) is 38.4. The van der Waals surface area contributed by atoms with Crippen molar-refractivity contribution in [2.24, 2.45) is 0 Å². The Morgan fingerprint density at radius 3 is 1.07 bits per heavy atom. The van der Waals surface area contributed by atoms with Crippen LogP contribution >= 0.6 is 0 Å². The predicted octanol–water partition coefficient (Wildman–Crippen LogP) is 20.4. The Morgan fingerprint density at radius 1 is 0.272 bits per heavy atom. The Bertz CT molecular complexity index is 6840. The fourth-order valence-electron chi connectivity index (χ4n) is 12.1. The van der Waals surface area contributed by atoms with Crippen LogP contribution in [0.2, 0.25) is 0 Å². The number of nitrogens with one attached hydrogen (secondary N) is 3. The van der Waals surface area contributed by atoms with Gasteiger partial charge in [0.25, 0.3) is 17.7 Å². The van der Waals surface area contributed by atoms with E-state index in [1.54, 1.807) is 241 Å². The molecule has 14 rings (SSSR count). The van der Waals surface area contributed by atoms with Crippen molar-refractivity contribution in [3.8, 4) is 51.7 Å². The Labute approximate surface area is 782 Å². The second-order valence-corrected chi connectivity index (χ2v) is 30.2. The summed E-state index contributed by atoms with van der Waals surface area (Å²) >= 11 is 0. The molecule has 0 saturated carbocycles. The molecular formula is C108H101N3O25. The molecule has 0 heterocycles. The zero-order valence-electron chi connectivity index (χ0n) is 75.6. The van der Waals surface area contributed by atoms with Crippen LogP contribution in [0.25, 0.3) is 75.4 Å². The zero-order chi connectivity index (χ0) is 99.4. The number of esters is 7. The standard InChI is InChI=1S/2C17H16O5.C16H14O5.C16H16O4.3C14H13NO2/c1-11(2)16(19)21-9-10-22-17(20)14-7-3-6-13-12(14)5-4-8-15(13)18;1-11(2)16(19)21-7-8-22-17(20)14-4-3-13-10-15(18)6-5-12(13)9-14;1-10(2)16(19)20-9-15(18)21-14-6-4-11-7-13(17)5-3-12(11)8-14;1-11(2)16(18)20-10-9-19-15-8-4-5-12-13(15)6-3-7-14(12)17;2*1-9(2)14(17)15-12-7-3-6-11-10(12)5-4-8-13(11)16;1-9(2)14(17)15-13-5-3-4-10-8-11(16)6-7-12(10)13/h3-8,18H,1,9-10H2,2H3;3-6,9-10,18H,1,7-8H2,2H3;3-8,17H,1,9H2,2H3;3-8,17H,1,9-10H2,2H3;3*3-8,16H,1H2,2H3,(H,15,17).